The lowest BCUT2D eigenvalue weighted by Gasteiger charge is -2.14. The smallest absolute Gasteiger partial charge is 0.208 e. The molecule has 0 aliphatic carbocycles. The Labute approximate surface area is 126 Å². The highest BCUT2D eigenvalue weighted by molar-refractivity contribution is 7.99. The highest BCUT2D eigenvalue weighted by Crippen LogP contribution is 2.19. The van der Waals surface area contributed by atoms with Crippen molar-refractivity contribution >= 4 is 23.4 Å². The van der Waals surface area contributed by atoms with E-state index in [0.29, 0.717) is 28.4 Å². The summed E-state index contributed by atoms with van der Waals surface area (Å²) in [6, 6.07) is 7.12. The van der Waals surface area contributed by atoms with Crippen LogP contribution < -0.4 is 4.74 Å². The Morgan fingerprint density at radius 1 is 1.35 bits per heavy atom. The second-order valence-electron chi connectivity index (χ2n) is 4.91. The average Bonchev–Trinajstić information content (AvgIpc) is 2.83. The Balaban J connectivity index is 1.85. The summed E-state index contributed by atoms with van der Waals surface area (Å²) in [4.78, 5) is 4.28. The molecule has 1 heterocycles. The fourth-order valence-electron chi connectivity index (χ4n) is 1.33. The molecule has 1 aromatic heterocycles. The molecule has 108 valence electrons. The first kappa shape index (κ1) is 15.2. The maximum absolute atomic E-state index is 9.64. The number of hydrogen-bond acceptors (Lipinski definition) is 5. The van der Waals surface area contributed by atoms with Gasteiger partial charge in [0, 0.05) is 10.8 Å². The van der Waals surface area contributed by atoms with Crippen molar-refractivity contribution in [1.82, 2.24) is 15.2 Å². The molecule has 0 unspecified atom stereocenters. The van der Waals surface area contributed by atoms with Crippen molar-refractivity contribution in [2.45, 2.75) is 31.2 Å². The predicted molar refractivity (Wildman–Crippen MR) is 79.2 cm³/mol. The molecule has 0 spiro atoms. The van der Waals surface area contributed by atoms with E-state index in [-0.39, 0.29) is 0 Å². The van der Waals surface area contributed by atoms with Crippen molar-refractivity contribution in [3.05, 3.63) is 35.1 Å². The number of aromatic nitrogens is 3. The SMILES string of the molecule is CC(C)(O)CSc1n[nH]c(COc2ccc(Cl)cc2)n1. The Kier molecular flexibility index (Phi) is 4.91. The van der Waals surface area contributed by atoms with Gasteiger partial charge in [-0.25, -0.2) is 4.98 Å². The summed E-state index contributed by atoms with van der Waals surface area (Å²) >= 11 is 7.19. The van der Waals surface area contributed by atoms with E-state index >= 15 is 0 Å². The van der Waals surface area contributed by atoms with Crippen LogP contribution in [0, 0.1) is 0 Å². The number of H-pyrrole nitrogens is 1. The summed E-state index contributed by atoms with van der Waals surface area (Å²) in [6.45, 7) is 3.80. The van der Waals surface area contributed by atoms with Crippen molar-refractivity contribution in [2.24, 2.45) is 0 Å². The lowest BCUT2D eigenvalue weighted by molar-refractivity contribution is 0.107. The van der Waals surface area contributed by atoms with Crippen LogP contribution in [0.1, 0.15) is 19.7 Å². The molecule has 0 saturated heterocycles. The maximum Gasteiger partial charge on any atom is 0.208 e. The number of nitrogens with one attached hydrogen (secondary N) is 1. The monoisotopic (exact) mass is 313 g/mol. The molecule has 0 atom stereocenters. The van der Waals surface area contributed by atoms with Gasteiger partial charge in [-0.2, -0.15) is 0 Å². The molecular weight excluding hydrogens is 298 g/mol. The Morgan fingerprint density at radius 2 is 2.05 bits per heavy atom. The number of rotatable bonds is 6. The van der Waals surface area contributed by atoms with Crippen LogP contribution in [0.4, 0.5) is 0 Å². The van der Waals surface area contributed by atoms with E-state index in [1.807, 2.05) is 0 Å². The van der Waals surface area contributed by atoms with Crippen LogP contribution in [0.3, 0.4) is 0 Å². The molecule has 2 rings (SSSR count). The number of benzene rings is 1. The fourth-order valence-corrected chi connectivity index (χ4v) is 2.22. The lowest BCUT2D eigenvalue weighted by atomic mass is 10.2. The number of aliphatic hydroxyl groups is 1. The van der Waals surface area contributed by atoms with Crippen LogP contribution in [-0.2, 0) is 6.61 Å². The fraction of sp³-hybridized carbons (Fsp3) is 0.385. The van der Waals surface area contributed by atoms with Gasteiger partial charge in [-0.05, 0) is 38.1 Å². The van der Waals surface area contributed by atoms with Crippen LogP contribution in [0.15, 0.2) is 29.4 Å². The zero-order valence-electron chi connectivity index (χ0n) is 11.3. The molecule has 20 heavy (non-hydrogen) atoms. The van der Waals surface area contributed by atoms with Gasteiger partial charge in [0.2, 0.25) is 5.16 Å². The third-order valence-electron chi connectivity index (χ3n) is 2.25. The molecule has 0 fully saturated rings. The topological polar surface area (TPSA) is 71.0 Å². The zero-order valence-corrected chi connectivity index (χ0v) is 12.8. The van der Waals surface area contributed by atoms with E-state index in [2.05, 4.69) is 15.2 Å². The van der Waals surface area contributed by atoms with Gasteiger partial charge in [0.05, 0.1) is 5.60 Å². The Hall–Kier alpha value is -1.24. The van der Waals surface area contributed by atoms with Gasteiger partial charge in [0.25, 0.3) is 0 Å². The number of aromatic amines is 1. The molecule has 7 heteroatoms. The normalized spacial score (nSPS) is 11.6. The number of thioether (sulfide) groups is 1. The van der Waals surface area contributed by atoms with Gasteiger partial charge in [0.1, 0.15) is 12.4 Å². The molecule has 5 nitrogen and oxygen atoms in total. The molecular formula is C13H16ClN3O2S. The van der Waals surface area contributed by atoms with Gasteiger partial charge in [-0.1, -0.05) is 23.4 Å². The first-order chi connectivity index (χ1) is 9.42. The summed E-state index contributed by atoms with van der Waals surface area (Å²) in [7, 11) is 0. The molecule has 0 amide bonds. The number of hydrogen-bond donors (Lipinski definition) is 2. The van der Waals surface area contributed by atoms with E-state index in [4.69, 9.17) is 16.3 Å². The van der Waals surface area contributed by atoms with Gasteiger partial charge in [0.15, 0.2) is 5.82 Å². The van der Waals surface area contributed by atoms with Gasteiger partial charge < -0.3 is 9.84 Å². The standard InChI is InChI=1S/C13H16ClN3O2S/c1-13(2,18)8-20-12-15-11(16-17-12)7-19-10-5-3-9(14)4-6-10/h3-6,18H,7-8H2,1-2H3,(H,15,16,17). The molecule has 0 aliphatic rings. The first-order valence-electron chi connectivity index (χ1n) is 6.07. The third kappa shape index (κ3) is 5.03. The van der Waals surface area contributed by atoms with Crippen molar-refractivity contribution in [3.8, 4) is 5.75 Å². The van der Waals surface area contributed by atoms with Crippen LogP contribution in [0.2, 0.25) is 5.02 Å². The molecule has 0 saturated carbocycles. The van der Waals surface area contributed by atoms with Gasteiger partial charge in [-0.15, -0.1) is 5.10 Å². The summed E-state index contributed by atoms with van der Waals surface area (Å²) in [5.41, 5.74) is -0.745. The van der Waals surface area contributed by atoms with E-state index in [1.165, 1.54) is 11.8 Å². The van der Waals surface area contributed by atoms with Crippen LogP contribution in [0.5, 0.6) is 5.75 Å². The average molecular weight is 314 g/mol. The molecule has 2 aromatic rings. The quantitative estimate of drug-likeness (QED) is 0.802. The Bertz CT molecular complexity index is 551. The van der Waals surface area contributed by atoms with E-state index in [0.717, 1.165) is 5.75 Å². The van der Waals surface area contributed by atoms with Crippen molar-refractivity contribution < 1.29 is 9.84 Å². The second kappa shape index (κ2) is 6.47. The minimum absolute atomic E-state index is 0.303. The predicted octanol–water partition coefficient (Wildman–Crippen LogP) is 2.90. The largest absolute Gasteiger partial charge is 0.486 e. The molecule has 2 N–H and O–H groups in total. The second-order valence-corrected chi connectivity index (χ2v) is 6.29. The minimum Gasteiger partial charge on any atom is -0.486 e. The van der Waals surface area contributed by atoms with E-state index < -0.39 is 5.60 Å². The van der Waals surface area contributed by atoms with Crippen LogP contribution in [0.25, 0.3) is 0 Å². The summed E-state index contributed by atoms with van der Waals surface area (Å²) in [6.07, 6.45) is 0. The van der Waals surface area contributed by atoms with E-state index in [1.54, 1.807) is 38.1 Å². The van der Waals surface area contributed by atoms with Crippen LogP contribution in [-0.4, -0.2) is 31.6 Å². The summed E-state index contributed by atoms with van der Waals surface area (Å²) in [5.74, 6) is 1.89. The van der Waals surface area contributed by atoms with E-state index in [9.17, 15) is 5.11 Å². The maximum atomic E-state index is 9.64. The first-order valence-corrected chi connectivity index (χ1v) is 7.43. The lowest BCUT2D eigenvalue weighted by Crippen LogP contribution is -2.21. The molecule has 1 aromatic carbocycles. The molecule has 0 bridgehead atoms. The number of nitrogens with zero attached hydrogens (tertiary/aromatic N) is 2. The highest BCUT2D eigenvalue weighted by Gasteiger charge is 2.14. The zero-order chi connectivity index (χ0) is 14.6. The van der Waals surface area contributed by atoms with Crippen molar-refractivity contribution in [1.29, 1.82) is 0 Å². The van der Waals surface area contributed by atoms with Crippen LogP contribution >= 0.6 is 23.4 Å². The summed E-state index contributed by atoms with van der Waals surface area (Å²) < 4.78 is 5.55. The highest BCUT2D eigenvalue weighted by atomic mass is 35.5. The minimum atomic E-state index is -0.745. The van der Waals surface area contributed by atoms with Gasteiger partial charge >= 0.3 is 0 Å². The van der Waals surface area contributed by atoms with Crippen molar-refractivity contribution in [2.75, 3.05) is 5.75 Å². The number of halogens is 1. The number of ether oxygens (including phenoxy) is 1. The van der Waals surface area contributed by atoms with Crippen molar-refractivity contribution in [3.63, 3.8) is 0 Å². The Morgan fingerprint density at radius 3 is 2.70 bits per heavy atom. The summed E-state index contributed by atoms with van der Waals surface area (Å²) in [5, 5.41) is 17.8. The molecule has 0 aliphatic heterocycles. The van der Waals surface area contributed by atoms with Gasteiger partial charge in [-0.3, -0.25) is 5.10 Å². The third-order valence-corrected chi connectivity index (χ3v) is 3.80. The molecule has 0 radical (unpaired) electrons.